The zero-order valence-electron chi connectivity index (χ0n) is 22.2. The van der Waals surface area contributed by atoms with Gasteiger partial charge in [0.05, 0.1) is 0 Å². The minimum atomic E-state index is 1.16. The molecule has 0 radical (unpaired) electrons. The highest BCUT2D eigenvalue weighted by molar-refractivity contribution is 5.60. The summed E-state index contributed by atoms with van der Waals surface area (Å²) < 4.78 is 0. The van der Waals surface area contributed by atoms with E-state index in [1.54, 1.807) is 6.08 Å². The van der Waals surface area contributed by atoms with Gasteiger partial charge in [-0.2, -0.15) is 0 Å². The van der Waals surface area contributed by atoms with Crippen LogP contribution in [0, 0.1) is 20.8 Å². The first-order chi connectivity index (χ1) is 15.4. The van der Waals surface area contributed by atoms with Crippen LogP contribution in [0.3, 0.4) is 0 Å². The number of allylic oxidation sites excluding steroid dienone is 4. The van der Waals surface area contributed by atoms with E-state index < -0.39 is 0 Å². The lowest BCUT2D eigenvalue weighted by atomic mass is 9.98. The molecular weight excluding hydrogens is 384 g/mol. The first kappa shape index (κ1) is 29.7. The van der Waals surface area contributed by atoms with Crippen LogP contribution in [0.2, 0.25) is 0 Å². The van der Waals surface area contributed by atoms with Crippen molar-refractivity contribution < 1.29 is 0 Å². The van der Waals surface area contributed by atoms with Crippen molar-refractivity contribution in [2.75, 3.05) is 0 Å². The van der Waals surface area contributed by atoms with Crippen LogP contribution in [-0.4, -0.2) is 0 Å². The molecule has 176 valence electrons. The van der Waals surface area contributed by atoms with Crippen LogP contribution in [0.25, 0.3) is 6.08 Å². The topological polar surface area (TPSA) is 0 Å². The van der Waals surface area contributed by atoms with Gasteiger partial charge in [-0.3, -0.25) is 0 Å². The molecule has 0 aliphatic rings. The van der Waals surface area contributed by atoms with E-state index in [9.17, 15) is 0 Å². The van der Waals surface area contributed by atoms with Gasteiger partial charge < -0.3 is 0 Å². The van der Waals surface area contributed by atoms with Crippen LogP contribution in [0.1, 0.15) is 93.7 Å². The molecule has 0 heterocycles. The summed E-state index contributed by atoms with van der Waals surface area (Å²) in [5.41, 5.74) is 9.91. The third-order valence-corrected chi connectivity index (χ3v) is 5.62. The fourth-order valence-electron chi connectivity index (χ4n) is 3.65. The van der Waals surface area contributed by atoms with Crippen molar-refractivity contribution in [3.8, 4) is 0 Å². The van der Waals surface area contributed by atoms with Gasteiger partial charge >= 0.3 is 0 Å². The Balaban J connectivity index is 0.000000465. The molecule has 2 rings (SSSR count). The molecule has 0 N–H and O–H groups in total. The van der Waals surface area contributed by atoms with Crippen LogP contribution >= 0.6 is 0 Å². The van der Waals surface area contributed by atoms with Crippen LogP contribution in [0.15, 0.2) is 66.8 Å². The highest BCUT2D eigenvalue weighted by Crippen LogP contribution is 2.18. The van der Waals surface area contributed by atoms with Gasteiger partial charge in [-0.15, -0.1) is 0 Å². The largest absolute Gasteiger partial charge is 0.0991 e. The van der Waals surface area contributed by atoms with Gasteiger partial charge in [0.25, 0.3) is 0 Å². The van der Waals surface area contributed by atoms with E-state index in [-0.39, 0.29) is 0 Å². The maximum absolute atomic E-state index is 3.67. The molecule has 0 aromatic heterocycles. The van der Waals surface area contributed by atoms with Crippen LogP contribution < -0.4 is 0 Å². The van der Waals surface area contributed by atoms with Gasteiger partial charge in [0, 0.05) is 0 Å². The highest BCUT2D eigenvalue weighted by Gasteiger charge is 2.00. The Labute approximate surface area is 200 Å². The van der Waals surface area contributed by atoms with Gasteiger partial charge in [-0.1, -0.05) is 113 Å². The number of hydrogen-bond acceptors (Lipinski definition) is 0. The molecule has 0 fully saturated rings. The predicted molar refractivity (Wildman–Crippen MR) is 149 cm³/mol. The quantitative estimate of drug-likeness (QED) is 0.287. The predicted octanol–water partition coefficient (Wildman–Crippen LogP) is 10.2. The standard InChI is InChI=1S/C13H16.C11H16.C8H16/c1-5-6-7-13-11(3)9-8-10(2)12(13)4;1-3-7-11-9-6-5-8-10(11)4-2;1-4-6-8(3)7-5-2/h5-9H,1H2,2-4H3;5-6,8-9H,3-4,7H2,1-2H3;6H,4-5,7H2,1-3H3/b7-6-;;8-6-. The molecule has 2 aromatic carbocycles. The molecule has 32 heavy (non-hydrogen) atoms. The Morgan fingerprint density at radius 3 is 2.00 bits per heavy atom. The Bertz CT molecular complexity index is 833. The molecule has 0 heteroatoms. The normalized spacial score (nSPS) is 10.8. The summed E-state index contributed by atoms with van der Waals surface area (Å²) in [6.45, 7) is 21.1. The van der Waals surface area contributed by atoms with Gasteiger partial charge in [0.15, 0.2) is 0 Å². The van der Waals surface area contributed by atoms with Crippen LogP contribution in [0.4, 0.5) is 0 Å². The number of hydrogen-bond donors (Lipinski definition) is 0. The zero-order valence-corrected chi connectivity index (χ0v) is 22.2. The van der Waals surface area contributed by atoms with E-state index in [1.807, 2.05) is 6.08 Å². The van der Waals surface area contributed by atoms with Crippen molar-refractivity contribution in [3.63, 3.8) is 0 Å². The third-order valence-electron chi connectivity index (χ3n) is 5.62. The third kappa shape index (κ3) is 11.9. The Morgan fingerprint density at radius 2 is 1.47 bits per heavy atom. The van der Waals surface area contributed by atoms with E-state index in [4.69, 9.17) is 0 Å². The van der Waals surface area contributed by atoms with E-state index in [2.05, 4.69) is 111 Å². The molecule has 0 amide bonds. The smallest absolute Gasteiger partial charge is 0.0195 e. The molecule has 0 aliphatic heterocycles. The molecule has 0 bridgehead atoms. The SMILES string of the molecule is C=C/C=C\c1c(C)ccc(C)c1C.CC/C=C(/C)CCC.CCCc1ccccc1CC. The molecule has 0 saturated carbocycles. The summed E-state index contributed by atoms with van der Waals surface area (Å²) in [7, 11) is 0. The van der Waals surface area contributed by atoms with Gasteiger partial charge in [-0.05, 0) is 86.8 Å². The first-order valence-corrected chi connectivity index (χ1v) is 12.4. The summed E-state index contributed by atoms with van der Waals surface area (Å²) >= 11 is 0. The lowest BCUT2D eigenvalue weighted by Crippen LogP contribution is -1.90. The number of benzene rings is 2. The second-order valence-electron chi connectivity index (χ2n) is 8.41. The van der Waals surface area contributed by atoms with E-state index >= 15 is 0 Å². The maximum atomic E-state index is 3.67. The first-order valence-electron chi connectivity index (χ1n) is 12.4. The average Bonchev–Trinajstić information content (AvgIpc) is 2.78. The fourth-order valence-corrected chi connectivity index (χ4v) is 3.65. The van der Waals surface area contributed by atoms with Crippen LogP contribution in [0.5, 0.6) is 0 Å². The molecule has 0 unspecified atom stereocenters. The maximum Gasteiger partial charge on any atom is -0.0195 e. The minimum absolute atomic E-state index is 1.16. The molecule has 0 saturated heterocycles. The summed E-state index contributed by atoms with van der Waals surface area (Å²) in [5.74, 6) is 0. The Hall–Kier alpha value is -2.34. The number of aryl methyl sites for hydroxylation is 4. The molecule has 0 atom stereocenters. The highest BCUT2D eigenvalue weighted by atomic mass is 14.1. The monoisotopic (exact) mass is 432 g/mol. The van der Waals surface area contributed by atoms with Crippen molar-refractivity contribution in [3.05, 3.63) is 100 Å². The van der Waals surface area contributed by atoms with Gasteiger partial charge in [0.1, 0.15) is 0 Å². The summed E-state index contributed by atoms with van der Waals surface area (Å²) in [5, 5.41) is 0. The van der Waals surface area contributed by atoms with Gasteiger partial charge in [-0.25, -0.2) is 0 Å². The molecule has 0 aliphatic carbocycles. The molecule has 0 nitrogen and oxygen atoms in total. The van der Waals surface area contributed by atoms with Crippen molar-refractivity contribution in [2.45, 2.75) is 93.9 Å². The lowest BCUT2D eigenvalue weighted by molar-refractivity contribution is 0.896. The summed E-state index contributed by atoms with van der Waals surface area (Å²) in [6.07, 6.45) is 15.6. The summed E-state index contributed by atoms with van der Waals surface area (Å²) in [4.78, 5) is 0. The van der Waals surface area contributed by atoms with E-state index in [1.165, 1.54) is 71.1 Å². The van der Waals surface area contributed by atoms with E-state index in [0.29, 0.717) is 0 Å². The number of rotatable bonds is 8. The van der Waals surface area contributed by atoms with Gasteiger partial charge in [0.2, 0.25) is 0 Å². The fraction of sp³-hybridized carbons (Fsp3) is 0.438. The lowest BCUT2D eigenvalue weighted by Gasteiger charge is -2.07. The second-order valence-corrected chi connectivity index (χ2v) is 8.41. The Kier molecular flexibility index (Phi) is 16.9. The van der Waals surface area contributed by atoms with E-state index in [0.717, 1.165) is 6.42 Å². The van der Waals surface area contributed by atoms with Crippen molar-refractivity contribution in [2.24, 2.45) is 0 Å². The van der Waals surface area contributed by atoms with Crippen molar-refractivity contribution in [1.82, 2.24) is 0 Å². The van der Waals surface area contributed by atoms with Crippen molar-refractivity contribution in [1.29, 1.82) is 0 Å². The average molecular weight is 433 g/mol. The molecular formula is C32H48. The van der Waals surface area contributed by atoms with Crippen molar-refractivity contribution >= 4 is 6.08 Å². The summed E-state index contributed by atoms with van der Waals surface area (Å²) in [6, 6.07) is 13.0. The zero-order chi connectivity index (χ0) is 24.4. The molecule has 0 spiro atoms. The Morgan fingerprint density at radius 1 is 0.844 bits per heavy atom. The van der Waals surface area contributed by atoms with Crippen LogP contribution in [-0.2, 0) is 12.8 Å². The molecule has 2 aromatic rings. The second kappa shape index (κ2) is 18.3. The minimum Gasteiger partial charge on any atom is -0.0991 e.